The molecular formula is C12H20N2O. The lowest BCUT2D eigenvalue weighted by Crippen LogP contribution is -2.32. The third-order valence-corrected chi connectivity index (χ3v) is 2.45. The summed E-state index contributed by atoms with van der Waals surface area (Å²) in [4.78, 5) is 11.9. The van der Waals surface area contributed by atoms with Crippen LogP contribution in [0, 0.1) is 13.8 Å². The lowest BCUT2D eigenvalue weighted by Gasteiger charge is -2.12. The van der Waals surface area contributed by atoms with Gasteiger partial charge < -0.3 is 9.88 Å². The summed E-state index contributed by atoms with van der Waals surface area (Å²) < 4.78 is 2.05. The topological polar surface area (TPSA) is 34.0 Å². The Labute approximate surface area is 91.5 Å². The van der Waals surface area contributed by atoms with E-state index in [1.807, 2.05) is 32.3 Å². The first-order valence-corrected chi connectivity index (χ1v) is 5.45. The molecule has 1 aromatic heterocycles. The van der Waals surface area contributed by atoms with Crippen LogP contribution in [0.25, 0.3) is 0 Å². The minimum Gasteiger partial charge on any atom is -0.349 e. The fourth-order valence-electron chi connectivity index (χ4n) is 1.89. The smallest absolute Gasteiger partial charge is 0.268 e. The van der Waals surface area contributed by atoms with Crippen molar-refractivity contribution in [1.29, 1.82) is 0 Å². The Morgan fingerprint density at radius 3 is 2.53 bits per heavy atom. The SMILES string of the molecule is CCn1c(C)cc(C)c1C(=O)NC(C)C. The first-order chi connectivity index (χ1) is 6.97. The summed E-state index contributed by atoms with van der Waals surface area (Å²) in [7, 11) is 0. The molecule has 1 rings (SSSR count). The number of rotatable bonds is 3. The van der Waals surface area contributed by atoms with Crippen molar-refractivity contribution in [2.75, 3.05) is 0 Å². The van der Waals surface area contributed by atoms with Crippen LogP contribution >= 0.6 is 0 Å². The Morgan fingerprint density at radius 1 is 1.47 bits per heavy atom. The molecule has 3 nitrogen and oxygen atoms in total. The van der Waals surface area contributed by atoms with Crippen LogP contribution in [-0.2, 0) is 6.54 Å². The number of nitrogens with one attached hydrogen (secondary N) is 1. The van der Waals surface area contributed by atoms with Gasteiger partial charge in [-0.2, -0.15) is 0 Å². The molecule has 1 heterocycles. The number of hydrogen-bond donors (Lipinski definition) is 1. The Morgan fingerprint density at radius 2 is 2.07 bits per heavy atom. The van der Waals surface area contributed by atoms with E-state index in [9.17, 15) is 4.79 Å². The highest BCUT2D eigenvalue weighted by atomic mass is 16.2. The molecule has 0 radical (unpaired) electrons. The highest BCUT2D eigenvalue weighted by Crippen LogP contribution is 2.14. The van der Waals surface area contributed by atoms with Gasteiger partial charge in [0.05, 0.1) is 0 Å². The Hall–Kier alpha value is -1.25. The molecule has 0 aliphatic heterocycles. The Balaban J connectivity index is 3.07. The maximum absolute atomic E-state index is 11.9. The van der Waals surface area contributed by atoms with Crippen molar-refractivity contribution in [2.45, 2.75) is 47.2 Å². The van der Waals surface area contributed by atoms with Crippen molar-refractivity contribution in [3.63, 3.8) is 0 Å². The number of aromatic nitrogens is 1. The van der Waals surface area contributed by atoms with Crippen molar-refractivity contribution in [1.82, 2.24) is 9.88 Å². The number of aryl methyl sites for hydroxylation is 2. The lowest BCUT2D eigenvalue weighted by molar-refractivity contribution is 0.0933. The molecule has 0 atom stereocenters. The van der Waals surface area contributed by atoms with E-state index >= 15 is 0 Å². The van der Waals surface area contributed by atoms with Crippen LogP contribution in [0.5, 0.6) is 0 Å². The molecular weight excluding hydrogens is 188 g/mol. The van der Waals surface area contributed by atoms with Gasteiger partial charge >= 0.3 is 0 Å². The van der Waals surface area contributed by atoms with Crippen LogP contribution in [0.2, 0.25) is 0 Å². The molecule has 0 aliphatic rings. The number of hydrogen-bond acceptors (Lipinski definition) is 1. The fraction of sp³-hybridized carbons (Fsp3) is 0.583. The average Bonchev–Trinajstić information content (AvgIpc) is 2.38. The zero-order valence-corrected chi connectivity index (χ0v) is 10.2. The second kappa shape index (κ2) is 4.51. The molecule has 84 valence electrons. The van der Waals surface area contributed by atoms with Gasteiger partial charge in [-0.3, -0.25) is 4.79 Å². The van der Waals surface area contributed by atoms with Gasteiger partial charge in [-0.1, -0.05) is 0 Å². The maximum Gasteiger partial charge on any atom is 0.268 e. The molecule has 1 amide bonds. The summed E-state index contributed by atoms with van der Waals surface area (Å²) in [6, 6.07) is 2.23. The van der Waals surface area contributed by atoms with E-state index in [0.29, 0.717) is 0 Å². The molecule has 0 fully saturated rings. The maximum atomic E-state index is 11.9. The highest BCUT2D eigenvalue weighted by molar-refractivity contribution is 5.94. The zero-order valence-electron chi connectivity index (χ0n) is 10.2. The number of carbonyl (C=O) groups excluding carboxylic acids is 1. The quantitative estimate of drug-likeness (QED) is 0.812. The van der Waals surface area contributed by atoms with E-state index in [0.717, 1.165) is 23.5 Å². The number of carbonyl (C=O) groups is 1. The third-order valence-electron chi connectivity index (χ3n) is 2.45. The van der Waals surface area contributed by atoms with E-state index in [-0.39, 0.29) is 11.9 Å². The summed E-state index contributed by atoms with van der Waals surface area (Å²) >= 11 is 0. The van der Waals surface area contributed by atoms with Gasteiger partial charge in [0, 0.05) is 18.3 Å². The van der Waals surface area contributed by atoms with Crippen molar-refractivity contribution in [3.8, 4) is 0 Å². The molecule has 0 spiro atoms. The van der Waals surface area contributed by atoms with E-state index in [2.05, 4.69) is 18.3 Å². The molecule has 0 saturated carbocycles. The third kappa shape index (κ3) is 2.41. The molecule has 1 aromatic rings. The minimum absolute atomic E-state index is 0.0254. The van der Waals surface area contributed by atoms with Gasteiger partial charge in [0.25, 0.3) is 5.91 Å². The highest BCUT2D eigenvalue weighted by Gasteiger charge is 2.16. The fourth-order valence-corrected chi connectivity index (χ4v) is 1.89. The summed E-state index contributed by atoms with van der Waals surface area (Å²) in [5.41, 5.74) is 2.99. The monoisotopic (exact) mass is 208 g/mol. The van der Waals surface area contributed by atoms with E-state index < -0.39 is 0 Å². The second-order valence-corrected chi connectivity index (χ2v) is 4.19. The molecule has 1 N–H and O–H groups in total. The van der Waals surface area contributed by atoms with Gasteiger partial charge in [-0.15, -0.1) is 0 Å². The normalized spacial score (nSPS) is 10.8. The minimum atomic E-state index is 0.0254. The van der Waals surface area contributed by atoms with Gasteiger partial charge in [0.2, 0.25) is 0 Å². The Bertz CT molecular complexity index is 364. The second-order valence-electron chi connectivity index (χ2n) is 4.19. The molecule has 0 unspecified atom stereocenters. The van der Waals surface area contributed by atoms with Crippen LogP contribution in [0.3, 0.4) is 0 Å². The Kier molecular flexibility index (Phi) is 3.56. The zero-order chi connectivity index (χ0) is 11.6. The van der Waals surface area contributed by atoms with E-state index in [4.69, 9.17) is 0 Å². The largest absolute Gasteiger partial charge is 0.349 e. The van der Waals surface area contributed by atoms with Gasteiger partial charge in [-0.25, -0.2) is 0 Å². The van der Waals surface area contributed by atoms with Gasteiger partial charge in [0.15, 0.2) is 0 Å². The summed E-state index contributed by atoms with van der Waals surface area (Å²) in [5, 5.41) is 2.93. The molecule has 15 heavy (non-hydrogen) atoms. The van der Waals surface area contributed by atoms with Crippen molar-refractivity contribution in [3.05, 3.63) is 23.0 Å². The molecule has 3 heteroatoms. The predicted molar refractivity (Wildman–Crippen MR) is 62.2 cm³/mol. The number of nitrogens with zero attached hydrogens (tertiary/aromatic N) is 1. The molecule has 0 aromatic carbocycles. The van der Waals surface area contributed by atoms with E-state index in [1.165, 1.54) is 0 Å². The standard InChI is InChI=1S/C12H20N2O/c1-6-14-10(5)7-9(4)11(14)12(15)13-8(2)3/h7-8H,6H2,1-5H3,(H,13,15). The molecule has 0 bridgehead atoms. The first kappa shape index (κ1) is 11.8. The predicted octanol–water partition coefficient (Wildman–Crippen LogP) is 2.26. The molecule has 0 saturated heterocycles. The van der Waals surface area contributed by atoms with Crippen LogP contribution < -0.4 is 5.32 Å². The van der Waals surface area contributed by atoms with Crippen LogP contribution in [0.1, 0.15) is 42.5 Å². The van der Waals surface area contributed by atoms with Crippen molar-refractivity contribution >= 4 is 5.91 Å². The van der Waals surface area contributed by atoms with Crippen molar-refractivity contribution in [2.24, 2.45) is 0 Å². The summed E-state index contributed by atoms with van der Waals surface area (Å²) in [6.07, 6.45) is 0. The van der Waals surface area contributed by atoms with Crippen LogP contribution in [-0.4, -0.2) is 16.5 Å². The molecule has 0 aliphatic carbocycles. The van der Waals surface area contributed by atoms with E-state index in [1.54, 1.807) is 0 Å². The number of amides is 1. The van der Waals surface area contributed by atoms with Crippen LogP contribution in [0.15, 0.2) is 6.07 Å². The lowest BCUT2D eigenvalue weighted by atomic mass is 10.2. The van der Waals surface area contributed by atoms with Crippen LogP contribution in [0.4, 0.5) is 0 Å². The summed E-state index contributed by atoms with van der Waals surface area (Å²) in [5.74, 6) is 0.0254. The average molecular weight is 208 g/mol. The van der Waals surface area contributed by atoms with Gasteiger partial charge in [-0.05, 0) is 46.2 Å². The van der Waals surface area contributed by atoms with Crippen molar-refractivity contribution < 1.29 is 4.79 Å². The first-order valence-electron chi connectivity index (χ1n) is 5.45. The summed E-state index contributed by atoms with van der Waals surface area (Å²) in [6.45, 7) is 10.8. The van der Waals surface area contributed by atoms with Gasteiger partial charge in [0.1, 0.15) is 5.69 Å².